The molecule has 0 spiro atoms. The van der Waals surface area contributed by atoms with Crippen LogP contribution in [-0.4, -0.2) is 51.0 Å². The summed E-state index contributed by atoms with van der Waals surface area (Å²) in [6, 6.07) is 11.9. The van der Waals surface area contributed by atoms with Crippen molar-refractivity contribution in [1.29, 1.82) is 0 Å². The Morgan fingerprint density at radius 1 is 1.13 bits per heavy atom. The van der Waals surface area contributed by atoms with Gasteiger partial charge in [-0.25, -0.2) is 8.42 Å². The highest BCUT2D eigenvalue weighted by molar-refractivity contribution is 9.10. The van der Waals surface area contributed by atoms with Crippen LogP contribution in [0.5, 0.6) is 0 Å². The number of carbonyl (C=O) groups is 2. The summed E-state index contributed by atoms with van der Waals surface area (Å²) in [7, 11) is -2.24. The number of hydrogen-bond donors (Lipinski definition) is 1. The largest absolute Gasteiger partial charge is 0.357 e. The third kappa shape index (κ3) is 6.30. The number of halogens is 1. The molecule has 2 rings (SSSR count). The quantitative estimate of drug-likeness (QED) is 0.592. The molecule has 0 bridgehead atoms. The maximum atomic E-state index is 13.3. The number of anilines is 1. The third-order valence-corrected chi connectivity index (χ3v) is 6.80. The molecule has 0 radical (unpaired) electrons. The molecule has 1 atom stereocenters. The number of rotatable bonds is 8. The lowest BCUT2D eigenvalue weighted by atomic mass is 10.1. The van der Waals surface area contributed by atoms with E-state index in [0.717, 1.165) is 31.7 Å². The zero-order valence-corrected chi connectivity index (χ0v) is 20.7. The number of aryl methyl sites for hydroxylation is 1. The van der Waals surface area contributed by atoms with Crippen LogP contribution in [0.15, 0.2) is 46.9 Å². The van der Waals surface area contributed by atoms with Gasteiger partial charge in [0, 0.05) is 18.1 Å². The van der Waals surface area contributed by atoms with Gasteiger partial charge in [-0.1, -0.05) is 40.2 Å². The van der Waals surface area contributed by atoms with E-state index in [-0.39, 0.29) is 12.5 Å². The predicted octanol–water partition coefficient (Wildman–Crippen LogP) is 3.00. The number of nitrogens with one attached hydrogen (secondary N) is 1. The summed E-state index contributed by atoms with van der Waals surface area (Å²) in [6.45, 7) is 5.08. The molecule has 0 fully saturated rings. The highest BCUT2D eigenvalue weighted by Gasteiger charge is 2.30. The van der Waals surface area contributed by atoms with Crippen LogP contribution >= 0.6 is 15.9 Å². The summed E-state index contributed by atoms with van der Waals surface area (Å²) >= 11 is 3.41. The second-order valence-corrected chi connectivity index (χ2v) is 10.3. The van der Waals surface area contributed by atoms with Gasteiger partial charge in [0.1, 0.15) is 12.6 Å². The monoisotopic (exact) mass is 509 g/mol. The maximum Gasteiger partial charge on any atom is 0.244 e. The van der Waals surface area contributed by atoms with Crippen molar-refractivity contribution in [3.63, 3.8) is 0 Å². The first kappa shape index (κ1) is 24.9. The Kier molecular flexibility index (Phi) is 8.25. The molecule has 2 amide bonds. The van der Waals surface area contributed by atoms with Gasteiger partial charge in [0.15, 0.2) is 0 Å². The molecule has 7 nitrogen and oxygen atoms in total. The molecule has 0 aliphatic heterocycles. The minimum absolute atomic E-state index is 0.164. The first-order chi connectivity index (χ1) is 14.5. The van der Waals surface area contributed by atoms with Crippen LogP contribution in [0.2, 0.25) is 0 Å². The summed E-state index contributed by atoms with van der Waals surface area (Å²) in [4.78, 5) is 27.1. The van der Waals surface area contributed by atoms with Gasteiger partial charge in [0.25, 0.3) is 0 Å². The Balaban J connectivity index is 2.43. The van der Waals surface area contributed by atoms with Crippen molar-refractivity contribution < 1.29 is 18.0 Å². The number of benzene rings is 2. The van der Waals surface area contributed by atoms with E-state index in [1.54, 1.807) is 19.1 Å². The van der Waals surface area contributed by atoms with E-state index in [0.29, 0.717) is 5.69 Å². The lowest BCUT2D eigenvalue weighted by Gasteiger charge is -2.31. The fraction of sp³-hybridized carbons (Fsp3) is 0.364. The molecule has 168 valence electrons. The Bertz CT molecular complexity index is 1070. The Morgan fingerprint density at radius 2 is 1.77 bits per heavy atom. The van der Waals surface area contributed by atoms with Crippen LogP contribution in [0.4, 0.5) is 5.69 Å². The van der Waals surface area contributed by atoms with E-state index in [2.05, 4.69) is 21.2 Å². The number of hydrogen-bond acceptors (Lipinski definition) is 4. The fourth-order valence-corrected chi connectivity index (χ4v) is 4.57. The number of likely N-dealkylation sites (N-methyl/N-ethyl adjacent to an activating group) is 1. The van der Waals surface area contributed by atoms with Crippen molar-refractivity contribution in [2.24, 2.45) is 0 Å². The SMILES string of the molecule is CNC(=O)C(C)N(Cc1cccc(Br)c1)C(=O)CN(c1cccc(C)c1C)S(C)(=O)=O. The molecule has 31 heavy (non-hydrogen) atoms. The molecule has 0 saturated carbocycles. The highest BCUT2D eigenvalue weighted by atomic mass is 79.9. The summed E-state index contributed by atoms with van der Waals surface area (Å²) in [6.07, 6.45) is 1.07. The summed E-state index contributed by atoms with van der Waals surface area (Å²) in [5.41, 5.74) is 2.96. The van der Waals surface area contributed by atoms with E-state index in [1.807, 2.05) is 44.2 Å². The Hall–Kier alpha value is -2.39. The van der Waals surface area contributed by atoms with Gasteiger partial charge >= 0.3 is 0 Å². The topological polar surface area (TPSA) is 86.8 Å². The standard InChI is InChI=1S/C22H28BrN3O4S/c1-15-8-6-11-20(16(15)2)26(31(5,29)30)14-21(27)25(17(3)22(28)24-4)13-18-9-7-10-19(23)12-18/h6-12,17H,13-14H2,1-5H3,(H,24,28). The minimum atomic E-state index is -3.74. The van der Waals surface area contributed by atoms with E-state index in [4.69, 9.17) is 0 Å². The molecule has 0 aromatic heterocycles. The van der Waals surface area contributed by atoms with Gasteiger partial charge in [-0.05, 0) is 55.7 Å². The lowest BCUT2D eigenvalue weighted by Crippen LogP contribution is -2.50. The maximum absolute atomic E-state index is 13.3. The van der Waals surface area contributed by atoms with Crippen LogP contribution in [0, 0.1) is 13.8 Å². The van der Waals surface area contributed by atoms with Crippen LogP contribution in [-0.2, 0) is 26.2 Å². The molecule has 1 unspecified atom stereocenters. The molecule has 2 aromatic rings. The van der Waals surface area contributed by atoms with Gasteiger partial charge < -0.3 is 10.2 Å². The van der Waals surface area contributed by atoms with Crippen LogP contribution < -0.4 is 9.62 Å². The molecule has 9 heteroatoms. The highest BCUT2D eigenvalue weighted by Crippen LogP contribution is 2.25. The second kappa shape index (κ2) is 10.3. The molecule has 1 N–H and O–H groups in total. The van der Waals surface area contributed by atoms with E-state index < -0.39 is 28.5 Å². The van der Waals surface area contributed by atoms with Crippen molar-refractivity contribution in [2.45, 2.75) is 33.4 Å². The smallest absolute Gasteiger partial charge is 0.244 e. The third-order valence-electron chi connectivity index (χ3n) is 5.18. The van der Waals surface area contributed by atoms with Crippen molar-refractivity contribution in [3.8, 4) is 0 Å². The van der Waals surface area contributed by atoms with Gasteiger partial charge in [0.2, 0.25) is 21.8 Å². The van der Waals surface area contributed by atoms with Crippen molar-refractivity contribution in [2.75, 3.05) is 24.2 Å². The Morgan fingerprint density at radius 3 is 2.35 bits per heavy atom. The summed E-state index contributed by atoms with van der Waals surface area (Å²) in [5, 5.41) is 2.56. The van der Waals surface area contributed by atoms with Crippen LogP contribution in [0.1, 0.15) is 23.6 Å². The Labute approximate surface area is 192 Å². The van der Waals surface area contributed by atoms with Gasteiger partial charge in [-0.3, -0.25) is 13.9 Å². The normalized spacial score (nSPS) is 12.2. The zero-order chi connectivity index (χ0) is 23.3. The average Bonchev–Trinajstić information content (AvgIpc) is 2.70. The van der Waals surface area contributed by atoms with Crippen LogP contribution in [0.25, 0.3) is 0 Å². The van der Waals surface area contributed by atoms with Crippen molar-refractivity contribution >= 4 is 43.5 Å². The number of sulfonamides is 1. The number of nitrogens with zero attached hydrogens (tertiary/aromatic N) is 2. The first-order valence-corrected chi connectivity index (χ1v) is 12.4. The summed E-state index contributed by atoms with van der Waals surface area (Å²) in [5.74, 6) is -0.802. The lowest BCUT2D eigenvalue weighted by molar-refractivity contribution is -0.139. The summed E-state index contributed by atoms with van der Waals surface area (Å²) < 4.78 is 27.1. The van der Waals surface area contributed by atoms with E-state index in [9.17, 15) is 18.0 Å². The van der Waals surface area contributed by atoms with Gasteiger partial charge in [0.05, 0.1) is 11.9 Å². The zero-order valence-electron chi connectivity index (χ0n) is 18.3. The molecule has 0 saturated heterocycles. The molecular formula is C22H28BrN3O4S. The van der Waals surface area contributed by atoms with Crippen molar-refractivity contribution in [1.82, 2.24) is 10.2 Å². The molecule has 0 aliphatic rings. The number of amides is 2. The molecule has 0 aliphatic carbocycles. The van der Waals surface area contributed by atoms with Gasteiger partial charge in [-0.2, -0.15) is 0 Å². The minimum Gasteiger partial charge on any atom is -0.357 e. The fourth-order valence-electron chi connectivity index (χ4n) is 3.22. The average molecular weight is 510 g/mol. The van der Waals surface area contributed by atoms with E-state index in [1.165, 1.54) is 11.9 Å². The van der Waals surface area contributed by atoms with E-state index >= 15 is 0 Å². The van der Waals surface area contributed by atoms with Crippen molar-refractivity contribution in [3.05, 3.63) is 63.6 Å². The second-order valence-electron chi connectivity index (χ2n) is 7.43. The molecule has 2 aromatic carbocycles. The van der Waals surface area contributed by atoms with Gasteiger partial charge in [-0.15, -0.1) is 0 Å². The van der Waals surface area contributed by atoms with Crippen LogP contribution in [0.3, 0.4) is 0 Å². The molecule has 0 heterocycles. The first-order valence-electron chi connectivity index (χ1n) is 9.75. The predicted molar refractivity (Wildman–Crippen MR) is 126 cm³/mol. The molecular weight excluding hydrogens is 482 g/mol. The number of carbonyl (C=O) groups excluding carboxylic acids is 2.